The first-order valence-electron chi connectivity index (χ1n) is 7.07. The zero-order valence-electron chi connectivity index (χ0n) is 12.5. The molecule has 6 heteroatoms. The predicted octanol–water partition coefficient (Wildman–Crippen LogP) is 2.97. The minimum absolute atomic E-state index is 0.0382. The molecule has 0 heterocycles. The second-order valence-electron chi connectivity index (χ2n) is 5.28. The summed E-state index contributed by atoms with van der Waals surface area (Å²) < 4.78 is 13.8. The van der Waals surface area contributed by atoms with Gasteiger partial charge in [0.15, 0.2) is 0 Å². The maximum Gasteiger partial charge on any atom is 0.224 e. The number of phenolic OH excluding ortho intramolecular Hbond substituents is 1. The third-order valence-electron chi connectivity index (χ3n) is 3.43. The Bertz CT molecular complexity index is 688. The molecule has 0 saturated heterocycles. The lowest BCUT2D eigenvalue weighted by Gasteiger charge is -2.22. The van der Waals surface area contributed by atoms with Crippen molar-refractivity contribution in [3.63, 3.8) is 0 Å². The van der Waals surface area contributed by atoms with Gasteiger partial charge in [-0.1, -0.05) is 29.8 Å². The molecule has 0 aliphatic heterocycles. The van der Waals surface area contributed by atoms with Crippen molar-refractivity contribution in [1.29, 1.82) is 0 Å². The number of aliphatic hydroxyl groups excluding tert-OH is 1. The molecule has 23 heavy (non-hydrogen) atoms. The number of nitrogens with one attached hydrogen (secondary N) is 1. The van der Waals surface area contributed by atoms with E-state index >= 15 is 0 Å². The molecule has 0 radical (unpaired) electrons. The lowest BCUT2D eigenvalue weighted by molar-refractivity contribution is -0.121. The van der Waals surface area contributed by atoms with Crippen molar-refractivity contribution in [2.75, 3.05) is 0 Å². The molecule has 0 saturated carbocycles. The molecule has 0 aliphatic rings. The highest BCUT2D eigenvalue weighted by Crippen LogP contribution is 2.27. The standard InChI is InChI=1S/C17H17ClFNO3/c1-10(17(23)16-13(18)6-3-7-14(16)19)20-15(22)9-11-4-2-5-12(21)8-11/h2-8,10,17,21,23H,9H2,1H3,(H,20,22)/t10-,17+/m0/s1. The molecule has 2 atom stereocenters. The van der Waals surface area contributed by atoms with E-state index in [0.717, 1.165) is 0 Å². The lowest BCUT2D eigenvalue weighted by Crippen LogP contribution is -2.38. The van der Waals surface area contributed by atoms with E-state index in [4.69, 9.17) is 11.6 Å². The first-order valence-corrected chi connectivity index (χ1v) is 7.45. The Morgan fingerprint density at radius 1 is 1.30 bits per heavy atom. The van der Waals surface area contributed by atoms with E-state index in [1.165, 1.54) is 30.3 Å². The highest BCUT2D eigenvalue weighted by molar-refractivity contribution is 6.31. The SMILES string of the molecule is C[C@H](NC(=O)Cc1cccc(O)c1)[C@@H](O)c1c(F)cccc1Cl. The average Bonchev–Trinajstić information content (AvgIpc) is 2.46. The summed E-state index contributed by atoms with van der Waals surface area (Å²) in [6.45, 7) is 1.56. The van der Waals surface area contributed by atoms with Crippen molar-refractivity contribution in [2.24, 2.45) is 0 Å². The Balaban J connectivity index is 2.03. The quantitative estimate of drug-likeness (QED) is 0.785. The average molecular weight is 338 g/mol. The number of aromatic hydroxyl groups is 1. The van der Waals surface area contributed by atoms with Crippen LogP contribution in [0.4, 0.5) is 4.39 Å². The summed E-state index contributed by atoms with van der Waals surface area (Å²) >= 11 is 5.91. The van der Waals surface area contributed by atoms with Crippen LogP contribution in [0, 0.1) is 5.82 Å². The number of carbonyl (C=O) groups excluding carboxylic acids is 1. The first kappa shape index (κ1) is 17.2. The highest BCUT2D eigenvalue weighted by atomic mass is 35.5. The van der Waals surface area contributed by atoms with E-state index in [2.05, 4.69) is 5.32 Å². The van der Waals surface area contributed by atoms with Gasteiger partial charge in [0.05, 0.1) is 12.5 Å². The molecular weight excluding hydrogens is 321 g/mol. The van der Waals surface area contributed by atoms with Crippen LogP contribution in [0.3, 0.4) is 0 Å². The summed E-state index contributed by atoms with van der Waals surface area (Å²) in [6, 6.07) is 9.72. The summed E-state index contributed by atoms with van der Waals surface area (Å²) in [7, 11) is 0. The van der Waals surface area contributed by atoms with Gasteiger partial charge in [0.25, 0.3) is 0 Å². The summed E-state index contributed by atoms with van der Waals surface area (Å²) in [5.74, 6) is -0.907. The predicted molar refractivity (Wildman–Crippen MR) is 85.8 cm³/mol. The van der Waals surface area contributed by atoms with Gasteiger partial charge >= 0.3 is 0 Å². The third kappa shape index (κ3) is 4.43. The summed E-state index contributed by atoms with van der Waals surface area (Å²) in [5, 5.41) is 22.3. The van der Waals surface area contributed by atoms with E-state index in [-0.39, 0.29) is 28.7 Å². The largest absolute Gasteiger partial charge is 0.508 e. The second kappa shape index (κ2) is 7.44. The monoisotopic (exact) mass is 337 g/mol. The Morgan fingerprint density at radius 3 is 2.65 bits per heavy atom. The minimum atomic E-state index is -1.27. The fraction of sp³-hybridized carbons (Fsp3) is 0.235. The summed E-state index contributed by atoms with van der Waals surface area (Å²) in [6.07, 6.45) is -1.23. The number of rotatable bonds is 5. The molecule has 0 bridgehead atoms. The summed E-state index contributed by atoms with van der Waals surface area (Å²) in [5.41, 5.74) is 0.590. The van der Waals surface area contributed by atoms with Gasteiger partial charge < -0.3 is 15.5 Å². The molecule has 1 amide bonds. The molecule has 122 valence electrons. The molecule has 2 rings (SSSR count). The second-order valence-corrected chi connectivity index (χ2v) is 5.69. The van der Waals surface area contributed by atoms with Gasteiger partial charge in [0.1, 0.15) is 17.7 Å². The van der Waals surface area contributed by atoms with Crippen LogP contribution < -0.4 is 5.32 Å². The topological polar surface area (TPSA) is 69.6 Å². The van der Waals surface area contributed by atoms with Crippen molar-refractivity contribution >= 4 is 17.5 Å². The molecule has 4 nitrogen and oxygen atoms in total. The van der Waals surface area contributed by atoms with Crippen molar-refractivity contribution in [3.8, 4) is 5.75 Å². The van der Waals surface area contributed by atoms with Crippen LogP contribution in [0.2, 0.25) is 5.02 Å². The number of hydrogen-bond acceptors (Lipinski definition) is 3. The Morgan fingerprint density at radius 2 is 2.00 bits per heavy atom. The fourth-order valence-electron chi connectivity index (χ4n) is 2.28. The third-order valence-corrected chi connectivity index (χ3v) is 3.76. The van der Waals surface area contributed by atoms with E-state index < -0.39 is 18.0 Å². The van der Waals surface area contributed by atoms with Crippen LogP contribution in [-0.2, 0) is 11.2 Å². The number of halogens is 2. The van der Waals surface area contributed by atoms with Gasteiger partial charge in [-0.3, -0.25) is 4.79 Å². The van der Waals surface area contributed by atoms with Crippen LogP contribution in [0.15, 0.2) is 42.5 Å². The molecule has 3 N–H and O–H groups in total. The number of phenols is 1. The van der Waals surface area contributed by atoms with Crippen LogP contribution in [0.25, 0.3) is 0 Å². The van der Waals surface area contributed by atoms with E-state index in [1.54, 1.807) is 19.1 Å². The van der Waals surface area contributed by atoms with E-state index in [9.17, 15) is 19.4 Å². The van der Waals surface area contributed by atoms with Crippen molar-refractivity contribution in [1.82, 2.24) is 5.32 Å². The Hall–Kier alpha value is -2.11. The van der Waals surface area contributed by atoms with Crippen LogP contribution >= 0.6 is 11.6 Å². The molecule has 0 spiro atoms. The van der Waals surface area contributed by atoms with Crippen molar-refractivity contribution in [2.45, 2.75) is 25.5 Å². The smallest absolute Gasteiger partial charge is 0.224 e. The van der Waals surface area contributed by atoms with Gasteiger partial charge in [-0.15, -0.1) is 0 Å². The zero-order valence-corrected chi connectivity index (χ0v) is 13.2. The molecular formula is C17H17ClFNO3. The number of aliphatic hydroxyl groups is 1. The Labute approximate surface area is 138 Å². The molecule has 0 aromatic heterocycles. The number of amides is 1. The number of hydrogen-bond donors (Lipinski definition) is 3. The molecule has 2 aromatic carbocycles. The van der Waals surface area contributed by atoms with Crippen LogP contribution in [0.5, 0.6) is 5.75 Å². The normalized spacial score (nSPS) is 13.4. The van der Waals surface area contributed by atoms with Gasteiger partial charge in [-0.05, 0) is 36.8 Å². The van der Waals surface area contributed by atoms with Gasteiger partial charge in [0.2, 0.25) is 5.91 Å². The van der Waals surface area contributed by atoms with E-state index in [0.29, 0.717) is 5.56 Å². The molecule has 2 aromatic rings. The fourth-order valence-corrected chi connectivity index (χ4v) is 2.55. The lowest BCUT2D eigenvalue weighted by atomic mass is 10.0. The Kier molecular flexibility index (Phi) is 5.58. The zero-order chi connectivity index (χ0) is 17.0. The maximum atomic E-state index is 13.8. The van der Waals surface area contributed by atoms with Gasteiger partial charge in [0, 0.05) is 10.6 Å². The highest BCUT2D eigenvalue weighted by Gasteiger charge is 2.23. The van der Waals surface area contributed by atoms with E-state index in [1.807, 2.05) is 0 Å². The maximum absolute atomic E-state index is 13.8. The van der Waals surface area contributed by atoms with Crippen molar-refractivity contribution in [3.05, 3.63) is 64.4 Å². The molecule has 0 unspecified atom stereocenters. The number of carbonyl (C=O) groups is 1. The van der Waals surface area contributed by atoms with Crippen LogP contribution in [0.1, 0.15) is 24.2 Å². The van der Waals surface area contributed by atoms with Gasteiger partial charge in [-0.2, -0.15) is 0 Å². The summed E-state index contributed by atoms with van der Waals surface area (Å²) in [4.78, 5) is 12.0. The molecule has 0 fully saturated rings. The first-order chi connectivity index (χ1) is 10.9. The minimum Gasteiger partial charge on any atom is -0.508 e. The number of benzene rings is 2. The van der Waals surface area contributed by atoms with Crippen LogP contribution in [-0.4, -0.2) is 22.2 Å². The van der Waals surface area contributed by atoms with Crippen molar-refractivity contribution < 1.29 is 19.4 Å². The molecule has 0 aliphatic carbocycles. The van der Waals surface area contributed by atoms with Gasteiger partial charge in [-0.25, -0.2) is 4.39 Å².